The van der Waals surface area contributed by atoms with E-state index in [0.29, 0.717) is 10.6 Å². The molecule has 0 saturated carbocycles. The molecule has 7 heteroatoms. The summed E-state index contributed by atoms with van der Waals surface area (Å²) in [7, 11) is 0. The molecule has 16 heavy (non-hydrogen) atoms. The molecule has 0 heterocycles. The highest BCUT2D eigenvalue weighted by Gasteiger charge is 2.09. The van der Waals surface area contributed by atoms with Crippen LogP contribution in [0.25, 0.3) is 0 Å². The third kappa shape index (κ3) is 3.66. The predicted octanol–water partition coefficient (Wildman–Crippen LogP) is 1.39. The van der Waals surface area contributed by atoms with E-state index >= 15 is 0 Å². The molecule has 0 unspecified atom stereocenters. The second-order valence-corrected chi connectivity index (χ2v) is 3.22. The molecule has 0 saturated heterocycles. The third-order valence-electron chi connectivity index (χ3n) is 1.60. The van der Waals surface area contributed by atoms with Crippen molar-refractivity contribution in [1.82, 2.24) is 0 Å². The van der Waals surface area contributed by atoms with E-state index in [9.17, 15) is 9.59 Å². The minimum absolute atomic E-state index is 0.154. The lowest BCUT2D eigenvalue weighted by Crippen LogP contribution is -2.18. The summed E-state index contributed by atoms with van der Waals surface area (Å²) in [6, 6.07) is 4.42. The van der Waals surface area contributed by atoms with Crippen LogP contribution in [0.4, 0.5) is 9.59 Å². The van der Waals surface area contributed by atoms with Gasteiger partial charge in [-0.3, -0.25) is 0 Å². The SMILES string of the molecule is NC(=O)OCc1cc(Cl)ccc1OC(N)=O. The molecule has 0 atom stereocenters. The zero-order chi connectivity index (χ0) is 12.1. The summed E-state index contributed by atoms with van der Waals surface area (Å²) in [5.41, 5.74) is 10.1. The van der Waals surface area contributed by atoms with Crippen molar-refractivity contribution in [3.05, 3.63) is 28.8 Å². The quantitative estimate of drug-likeness (QED) is 0.838. The summed E-state index contributed by atoms with van der Waals surface area (Å²) in [5.74, 6) is 0.165. The second kappa shape index (κ2) is 5.22. The number of ether oxygens (including phenoxy) is 2. The van der Waals surface area contributed by atoms with E-state index in [1.54, 1.807) is 0 Å². The van der Waals surface area contributed by atoms with Crippen LogP contribution in [-0.4, -0.2) is 12.2 Å². The summed E-state index contributed by atoms with van der Waals surface area (Å²) in [4.78, 5) is 21.0. The Morgan fingerprint density at radius 2 is 1.94 bits per heavy atom. The van der Waals surface area contributed by atoms with E-state index in [1.165, 1.54) is 18.2 Å². The van der Waals surface area contributed by atoms with Crippen LogP contribution in [0.15, 0.2) is 18.2 Å². The number of hydrogen-bond acceptors (Lipinski definition) is 4. The smallest absolute Gasteiger partial charge is 0.409 e. The Morgan fingerprint density at radius 3 is 2.50 bits per heavy atom. The van der Waals surface area contributed by atoms with Crippen LogP contribution >= 0.6 is 11.6 Å². The van der Waals surface area contributed by atoms with Crippen molar-refractivity contribution >= 4 is 23.8 Å². The van der Waals surface area contributed by atoms with E-state index in [0.717, 1.165) is 0 Å². The van der Waals surface area contributed by atoms with Gasteiger partial charge in [-0.15, -0.1) is 0 Å². The van der Waals surface area contributed by atoms with Crippen LogP contribution in [-0.2, 0) is 11.3 Å². The Kier molecular flexibility index (Phi) is 3.96. The summed E-state index contributed by atoms with van der Waals surface area (Å²) < 4.78 is 9.23. The molecule has 1 aromatic carbocycles. The Bertz CT molecular complexity index is 422. The minimum Gasteiger partial charge on any atom is -0.445 e. The molecule has 0 bridgehead atoms. The van der Waals surface area contributed by atoms with Gasteiger partial charge in [0.1, 0.15) is 12.4 Å². The largest absolute Gasteiger partial charge is 0.445 e. The molecule has 1 aromatic rings. The number of carbonyl (C=O) groups excluding carboxylic acids is 2. The van der Waals surface area contributed by atoms with Crippen molar-refractivity contribution in [3.63, 3.8) is 0 Å². The Balaban J connectivity index is 2.89. The van der Waals surface area contributed by atoms with Gasteiger partial charge in [-0.25, -0.2) is 9.59 Å². The molecule has 2 amide bonds. The minimum atomic E-state index is -0.970. The number of carbonyl (C=O) groups is 2. The molecule has 4 N–H and O–H groups in total. The van der Waals surface area contributed by atoms with Gasteiger partial charge in [0.2, 0.25) is 0 Å². The topological polar surface area (TPSA) is 105 Å². The standard InChI is InChI=1S/C9H9ClN2O4/c10-6-1-2-7(16-9(12)14)5(3-6)4-15-8(11)13/h1-3H,4H2,(H2,11,13)(H2,12,14). The van der Waals surface area contributed by atoms with Crippen molar-refractivity contribution in [2.45, 2.75) is 6.61 Å². The molecule has 86 valence electrons. The van der Waals surface area contributed by atoms with Gasteiger partial charge in [-0.05, 0) is 18.2 Å². The van der Waals surface area contributed by atoms with Crippen molar-refractivity contribution in [2.75, 3.05) is 0 Å². The number of rotatable bonds is 3. The normalized spacial score (nSPS) is 9.56. The average molecular weight is 245 g/mol. The molecule has 1 rings (SSSR count). The Labute approximate surface area is 96.1 Å². The first-order chi connectivity index (χ1) is 7.49. The maximum absolute atomic E-state index is 10.6. The summed E-state index contributed by atoms with van der Waals surface area (Å²) >= 11 is 5.73. The van der Waals surface area contributed by atoms with Crippen LogP contribution in [0, 0.1) is 0 Å². The number of hydrogen-bond donors (Lipinski definition) is 2. The molecule has 0 aliphatic carbocycles. The Morgan fingerprint density at radius 1 is 1.25 bits per heavy atom. The molecular formula is C9H9ClN2O4. The maximum Gasteiger partial charge on any atom is 0.409 e. The number of halogens is 1. The van der Waals surface area contributed by atoms with Gasteiger partial charge in [-0.1, -0.05) is 11.6 Å². The highest BCUT2D eigenvalue weighted by Crippen LogP contribution is 2.23. The fourth-order valence-corrected chi connectivity index (χ4v) is 1.21. The number of nitrogens with two attached hydrogens (primary N) is 2. The zero-order valence-corrected chi connectivity index (χ0v) is 8.86. The van der Waals surface area contributed by atoms with E-state index in [2.05, 4.69) is 9.47 Å². The number of amides is 2. The maximum atomic E-state index is 10.6. The van der Waals surface area contributed by atoms with E-state index in [-0.39, 0.29) is 12.4 Å². The van der Waals surface area contributed by atoms with Gasteiger partial charge in [0, 0.05) is 10.6 Å². The molecule has 0 aliphatic rings. The first-order valence-electron chi connectivity index (χ1n) is 4.17. The fraction of sp³-hybridized carbons (Fsp3) is 0.111. The van der Waals surface area contributed by atoms with Crippen molar-refractivity contribution < 1.29 is 19.1 Å². The predicted molar refractivity (Wildman–Crippen MR) is 56.0 cm³/mol. The molecule has 0 aromatic heterocycles. The van der Waals surface area contributed by atoms with Gasteiger partial charge in [-0.2, -0.15) is 0 Å². The lowest BCUT2D eigenvalue weighted by atomic mass is 10.2. The first kappa shape index (κ1) is 12.1. The van der Waals surface area contributed by atoms with Gasteiger partial charge in [0.05, 0.1) is 0 Å². The van der Waals surface area contributed by atoms with E-state index < -0.39 is 12.2 Å². The van der Waals surface area contributed by atoms with Crippen LogP contribution in [0.3, 0.4) is 0 Å². The monoisotopic (exact) mass is 244 g/mol. The van der Waals surface area contributed by atoms with Crippen molar-refractivity contribution in [3.8, 4) is 5.75 Å². The molecular weight excluding hydrogens is 236 g/mol. The van der Waals surface area contributed by atoms with Gasteiger partial charge in [0.25, 0.3) is 0 Å². The van der Waals surface area contributed by atoms with E-state index in [1.807, 2.05) is 0 Å². The van der Waals surface area contributed by atoms with Gasteiger partial charge in [0.15, 0.2) is 0 Å². The molecule has 0 aliphatic heterocycles. The summed E-state index contributed by atoms with van der Waals surface area (Å²) in [5, 5.41) is 0.403. The zero-order valence-electron chi connectivity index (χ0n) is 8.10. The van der Waals surface area contributed by atoms with Crippen LogP contribution in [0.2, 0.25) is 5.02 Å². The van der Waals surface area contributed by atoms with E-state index in [4.69, 9.17) is 23.1 Å². The lowest BCUT2D eigenvalue weighted by Gasteiger charge is -2.08. The molecule has 0 fully saturated rings. The lowest BCUT2D eigenvalue weighted by molar-refractivity contribution is 0.149. The highest BCUT2D eigenvalue weighted by atomic mass is 35.5. The van der Waals surface area contributed by atoms with Gasteiger partial charge >= 0.3 is 12.2 Å². The van der Waals surface area contributed by atoms with Crippen molar-refractivity contribution in [1.29, 1.82) is 0 Å². The summed E-state index contributed by atoms with van der Waals surface area (Å²) in [6.07, 6.45) is -1.91. The Hall–Kier alpha value is -1.95. The van der Waals surface area contributed by atoms with Crippen LogP contribution in [0.5, 0.6) is 5.75 Å². The highest BCUT2D eigenvalue weighted by molar-refractivity contribution is 6.30. The fourth-order valence-electron chi connectivity index (χ4n) is 1.02. The number of primary amides is 2. The third-order valence-corrected chi connectivity index (χ3v) is 1.84. The molecule has 0 radical (unpaired) electrons. The first-order valence-corrected chi connectivity index (χ1v) is 4.55. The average Bonchev–Trinajstić information content (AvgIpc) is 2.17. The molecule has 6 nitrogen and oxygen atoms in total. The van der Waals surface area contributed by atoms with Crippen LogP contribution in [0.1, 0.15) is 5.56 Å². The van der Waals surface area contributed by atoms with Crippen LogP contribution < -0.4 is 16.2 Å². The second-order valence-electron chi connectivity index (χ2n) is 2.78. The number of benzene rings is 1. The van der Waals surface area contributed by atoms with Gasteiger partial charge < -0.3 is 20.9 Å². The summed E-state index contributed by atoms with van der Waals surface area (Å²) in [6.45, 7) is -0.154. The van der Waals surface area contributed by atoms with Crippen molar-refractivity contribution in [2.24, 2.45) is 11.5 Å². The molecule has 0 spiro atoms.